The summed E-state index contributed by atoms with van der Waals surface area (Å²) in [4.78, 5) is 117. The van der Waals surface area contributed by atoms with Crippen LogP contribution in [-0.4, -0.2) is 192 Å². The normalized spacial score (nSPS) is 16.7. The Morgan fingerprint density at radius 1 is 0.577 bits per heavy atom. The first-order chi connectivity index (χ1) is 36.6. The number of nitrogens with zero attached hydrogens (tertiary/aromatic N) is 1. The van der Waals surface area contributed by atoms with Crippen LogP contribution in [0.15, 0.2) is 0 Å². The number of nitrogens with one attached hydrogen (secondary N) is 10. The smallest absolute Gasteiger partial charge is 0.243 e. The summed E-state index contributed by atoms with van der Waals surface area (Å²) in [5.41, 5.74) is 13.6. The van der Waals surface area contributed by atoms with E-state index in [-0.39, 0.29) is 70.0 Å². The van der Waals surface area contributed by atoms with Gasteiger partial charge < -0.3 is 80.4 Å². The Balaban J connectivity index is -0.00000109. The van der Waals surface area contributed by atoms with Gasteiger partial charge in [0.25, 0.3) is 0 Å². The van der Waals surface area contributed by atoms with Gasteiger partial charge in [0.1, 0.15) is 18.1 Å². The van der Waals surface area contributed by atoms with E-state index < -0.39 is 84.0 Å². The molecule has 0 aromatic rings. The fourth-order valence-corrected chi connectivity index (χ4v) is 5.88. The van der Waals surface area contributed by atoms with Gasteiger partial charge in [-0.25, -0.2) is 0 Å². The zero-order valence-electron chi connectivity index (χ0n) is 49.6. The first kappa shape index (κ1) is 79.4. The van der Waals surface area contributed by atoms with Crippen molar-refractivity contribution in [2.75, 3.05) is 100 Å². The average molecular weight is 1120 g/mol. The molecule has 1 saturated heterocycles. The molecule has 0 saturated carbocycles. The Kier molecular flexibility index (Phi) is 49.9. The number of aliphatic hydroxyl groups excluding tert-OH is 3. The van der Waals surface area contributed by atoms with Gasteiger partial charge in [0.2, 0.25) is 53.2 Å². The second kappa shape index (κ2) is 49.0. The molecular weight excluding hydrogens is 1010 g/mol. The summed E-state index contributed by atoms with van der Waals surface area (Å²) in [6.07, 6.45) is 5.37. The second-order valence-corrected chi connectivity index (χ2v) is 21.0. The molecule has 78 heavy (non-hydrogen) atoms. The maximum atomic E-state index is 13.3. The minimum absolute atomic E-state index is 0.0694. The van der Waals surface area contributed by atoms with Crippen LogP contribution in [0.2, 0.25) is 0 Å². The Labute approximate surface area is 465 Å². The minimum Gasteiger partial charge on any atom is -0.395 e. The number of nitrogens with two attached hydrogens (primary N) is 3. The quantitative estimate of drug-likeness (QED) is 0.0320. The molecule has 3 unspecified atom stereocenters. The predicted molar refractivity (Wildman–Crippen MR) is 303 cm³/mol. The van der Waals surface area contributed by atoms with E-state index in [2.05, 4.69) is 80.9 Å². The third kappa shape index (κ3) is 45.9. The molecule has 0 spiro atoms. The second-order valence-electron chi connectivity index (χ2n) is 21.0. The number of carbonyl (C=O) groups is 9. The van der Waals surface area contributed by atoms with Gasteiger partial charge in [-0.15, -0.1) is 0 Å². The highest BCUT2D eigenvalue weighted by molar-refractivity contribution is 5.96. The summed E-state index contributed by atoms with van der Waals surface area (Å²) in [5, 5.41) is 52.3. The van der Waals surface area contributed by atoms with Crippen LogP contribution in [0.3, 0.4) is 0 Å². The van der Waals surface area contributed by atoms with Crippen molar-refractivity contribution >= 4 is 53.2 Å². The van der Waals surface area contributed by atoms with Crippen molar-refractivity contribution in [1.29, 1.82) is 0 Å². The lowest BCUT2D eigenvalue weighted by atomic mass is 9.94. The molecular formula is C52H108N14O12. The van der Waals surface area contributed by atoms with E-state index in [1.54, 1.807) is 41.7 Å². The van der Waals surface area contributed by atoms with Crippen LogP contribution in [0.1, 0.15) is 139 Å². The van der Waals surface area contributed by atoms with Crippen LogP contribution < -0.4 is 70.4 Å². The Hall–Kier alpha value is -5.09. The highest BCUT2D eigenvalue weighted by Crippen LogP contribution is 2.14. The first-order valence-corrected chi connectivity index (χ1v) is 27.4. The summed E-state index contributed by atoms with van der Waals surface area (Å²) in [5.74, 6) is -3.56. The molecule has 1 heterocycles. The molecule has 0 aromatic heterocycles. The van der Waals surface area contributed by atoms with Gasteiger partial charge in [-0.2, -0.15) is 0 Å². The molecule has 458 valence electrons. The van der Waals surface area contributed by atoms with Crippen LogP contribution in [0.5, 0.6) is 0 Å². The largest absolute Gasteiger partial charge is 0.395 e. The van der Waals surface area contributed by atoms with Crippen molar-refractivity contribution in [1.82, 2.24) is 58.1 Å². The van der Waals surface area contributed by atoms with E-state index in [4.69, 9.17) is 22.3 Å². The van der Waals surface area contributed by atoms with Gasteiger partial charge in [-0.05, 0) is 144 Å². The summed E-state index contributed by atoms with van der Waals surface area (Å²) in [6.45, 7) is 17.6. The fourth-order valence-electron chi connectivity index (χ4n) is 5.88. The van der Waals surface area contributed by atoms with Crippen molar-refractivity contribution in [3.63, 3.8) is 0 Å². The number of hydrogen-bond acceptors (Lipinski definition) is 17. The zero-order valence-corrected chi connectivity index (χ0v) is 49.6. The summed E-state index contributed by atoms with van der Waals surface area (Å²) >= 11 is 0. The maximum Gasteiger partial charge on any atom is 0.243 e. The summed E-state index contributed by atoms with van der Waals surface area (Å²) in [7, 11) is 5.54. The Morgan fingerprint density at radius 2 is 0.859 bits per heavy atom. The van der Waals surface area contributed by atoms with E-state index in [9.17, 15) is 53.4 Å². The summed E-state index contributed by atoms with van der Waals surface area (Å²) in [6, 6.07) is -3.41. The molecule has 1 aliphatic heterocycles. The molecule has 9 amide bonds. The van der Waals surface area contributed by atoms with Gasteiger partial charge in [0, 0.05) is 32.7 Å². The van der Waals surface area contributed by atoms with Gasteiger partial charge >= 0.3 is 0 Å². The molecule has 19 N–H and O–H groups in total. The van der Waals surface area contributed by atoms with Crippen molar-refractivity contribution in [2.45, 2.75) is 157 Å². The SMILES string of the molecule is CC(C)CCN.CC(C)CCN.CCC(=O)NCCCCC1NC(=O)CNC(=O)C(CCCCNC(=O)C(C)(C)CO)NC(=O)CNC(=O)C(CCCCNC(=O)C(C)(C)CO)NC(=O)CNC1=O.CN(C)CN.CNCO. The van der Waals surface area contributed by atoms with Crippen molar-refractivity contribution in [3.8, 4) is 0 Å². The Bertz CT molecular complexity index is 1620. The highest BCUT2D eigenvalue weighted by atomic mass is 16.3. The molecule has 0 bridgehead atoms. The van der Waals surface area contributed by atoms with E-state index in [0.717, 1.165) is 37.8 Å². The number of hydrogen-bond donors (Lipinski definition) is 16. The predicted octanol–water partition coefficient (Wildman–Crippen LogP) is -2.29. The third-order valence-electron chi connectivity index (χ3n) is 11.2. The fraction of sp³-hybridized carbons (Fsp3) is 0.827. The van der Waals surface area contributed by atoms with E-state index in [0.29, 0.717) is 58.2 Å². The molecule has 0 radical (unpaired) electrons. The van der Waals surface area contributed by atoms with Crippen LogP contribution in [-0.2, 0) is 43.2 Å². The lowest BCUT2D eigenvalue weighted by Crippen LogP contribution is -2.56. The third-order valence-corrected chi connectivity index (χ3v) is 11.2. The number of amides is 9. The standard InChI is InChI=1S/C37H65N9O11.2C5H13N.C3H10N2.C2H7NO/c1-6-27(49)38-16-10-7-13-24-31(53)41-20-29(51)45-26(15-9-12-18-40-35(57)37(4,5)23-48)33(55)43-21-30(52)46-25(32(54)42-19-28(50)44-24)14-8-11-17-39-34(56)36(2,3)22-47;2*1-5(2)3-4-6;1-5(2)3-4;1-3-2-4/h24-26,47-48H,6-23H2,1-5H3,(H,38,49)(H,39,56)(H,40,57)(H,41,53)(H,42,54)(H,43,55)(H,44,50)(H,45,51)(H,46,52);2*5H,3-4,6H2,1-2H3;3-4H2,1-2H3;3-4H,2H2,1H3. The maximum absolute atomic E-state index is 13.3. The van der Waals surface area contributed by atoms with Crippen LogP contribution in [0.4, 0.5) is 0 Å². The number of carbonyl (C=O) groups excluding carboxylic acids is 9. The van der Waals surface area contributed by atoms with E-state index >= 15 is 0 Å². The van der Waals surface area contributed by atoms with Crippen molar-refractivity contribution in [3.05, 3.63) is 0 Å². The molecule has 26 nitrogen and oxygen atoms in total. The molecule has 3 atom stereocenters. The van der Waals surface area contributed by atoms with Crippen molar-refractivity contribution < 1.29 is 58.5 Å². The molecule has 0 aromatic carbocycles. The first-order valence-electron chi connectivity index (χ1n) is 27.4. The van der Waals surface area contributed by atoms with Gasteiger partial charge in [-0.3, -0.25) is 53.4 Å². The summed E-state index contributed by atoms with van der Waals surface area (Å²) < 4.78 is 0. The van der Waals surface area contributed by atoms with E-state index in [1.807, 2.05) is 19.0 Å². The average Bonchev–Trinajstić information content (AvgIpc) is 3.39. The molecule has 1 rings (SSSR count). The minimum atomic E-state index is -1.15. The monoisotopic (exact) mass is 1120 g/mol. The molecule has 1 fully saturated rings. The molecule has 0 aliphatic carbocycles. The van der Waals surface area contributed by atoms with Crippen LogP contribution >= 0.6 is 0 Å². The van der Waals surface area contributed by atoms with Gasteiger partial charge in [0.15, 0.2) is 0 Å². The lowest BCUT2D eigenvalue weighted by molar-refractivity contribution is -0.133. The van der Waals surface area contributed by atoms with E-state index in [1.165, 1.54) is 0 Å². The molecule has 26 heteroatoms. The van der Waals surface area contributed by atoms with Gasteiger partial charge in [0.05, 0.1) is 50.4 Å². The topological polar surface area (TPSA) is 416 Å². The number of aliphatic hydroxyl groups is 3. The number of rotatable bonds is 26. The highest BCUT2D eigenvalue weighted by Gasteiger charge is 2.29. The van der Waals surface area contributed by atoms with Crippen molar-refractivity contribution in [2.24, 2.45) is 39.9 Å². The van der Waals surface area contributed by atoms with Crippen LogP contribution in [0, 0.1) is 22.7 Å². The lowest BCUT2D eigenvalue weighted by Gasteiger charge is -2.23. The van der Waals surface area contributed by atoms with Crippen LogP contribution in [0.25, 0.3) is 0 Å². The van der Waals surface area contributed by atoms with Gasteiger partial charge in [-0.1, -0.05) is 34.6 Å². The Morgan fingerprint density at radius 3 is 1.06 bits per heavy atom. The number of unbranched alkanes of at least 4 members (excludes halogenated alkanes) is 3. The molecule has 1 aliphatic rings. The zero-order chi connectivity index (χ0) is 60.7.